The van der Waals surface area contributed by atoms with E-state index >= 15 is 0 Å². The first kappa shape index (κ1) is 20.2. The van der Waals surface area contributed by atoms with Gasteiger partial charge in [-0.1, -0.05) is 0 Å². The minimum absolute atomic E-state index is 0.215. The summed E-state index contributed by atoms with van der Waals surface area (Å²) in [6, 6.07) is 18.9. The molecular formula is C23H26N4O2. The molecule has 0 aliphatic rings. The van der Waals surface area contributed by atoms with Crippen molar-refractivity contribution in [1.82, 2.24) is 4.98 Å². The zero-order valence-electron chi connectivity index (χ0n) is 17.0. The van der Waals surface area contributed by atoms with Crippen molar-refractivity contribution in [3.05, 3.63) is 72.4 Å². The SMILES string of the molecule is CCN(CC)c1ccc(Nc2ccc(NC(=O)c3ccc(OC)cc3)nc2)cc1. The highest BCUT2D eigenvalue weighted by atomic mass is 16.5. The number of nitrogens with one attached hydrogen (secondary N) is 2. The second kappa shape index (κ2) is 9.59. The number of aromatic nitrogens is 1. The van der Waals surface area contributed by atoms with Gasteiger partial charge in [0.15, 0.2) is 0 Å². The number of anilines is 4. The van der Waals surface area contributed by atoms with Crippen molar-refractivity contribution < 1.29 is 9.53 Å². The summed E-state index contributed by atoms with van der Waals surface area (Å²) in [6.45, 7) is 6.26. The van der Waals surface area contributed by atoms with Crippen LogP contribution in [0, 0.1) is 0 Å². The van der Waals surface area contributed by atoms with Gasteiger partial charge in [-0.3, -0.25) is 4.79 Å². The largest absolute Gasteiger partial charge is 0.497 e. The number of methoxy groups -OCH3 is 1. The van der Waals surface area contributed by atoms with Gasteiger partial charge < -0.3 is 20.3 Å². The van der Waals surface area contributed by atoms with Gasteiger partial charge in [0, 0.05) is 30.0 Å². The van der Waals surface area contributed by atoms with E-state index in [-0.39, 0.29) is 5.91 Å². The molecular weight excluding hydrogens is 364 g/mol. The third-order valence-corrected chi connectivity index (χ3v) is 4.64. The van der Waals surface area contributed by atoms with Crippen LogP contribution >= 0.6 is 0 Å². The summed E-state index contributed by atoms with van der Waals surface area (Å²) < 4.78 is 5.11. The molecule has 0 atom stereocenters. The highest BCUT2D eigenvalue weighted by molar-refractivity contribution is 6.03. The third-order valence-electron chi connectivity index (χ3n) is 4.64. The first-order valence-electron chi connectivity index (χ1n) is 9.66. The molecule has 3 rings (SSSR count). The molecule has 3 aromatic rings. The van der Waals surface area contributed by atoms with E-state index in [1.165, 1.54) is 5.69 Å². The molecule has 6 heteroatoms. The van der Waals surface area contributed by atoms with Crippen LogP contribution in [-0.2, 0) is 0 Å². The van der Waals surface area contributed by atoms with Crippen LogP contribution < -0.4 is 20.3 Å². The molecule has 0 saturated heterocycles. The third kappa shape index (κ3) is 5.25. The first-order chi connectivity index (χ1) is 14.1. The molecule has 0 aliphatic carbocycles. The van der Waals surface area contributed by atoms with Crippen molar-refractivity contribution in [2.24, 2.45) is 0 Å². The van der Waals surface area contributed by atoms with Crippen molar-refractivity contribution in [2.75, 3.05) is 35.7 Å². The highest BCUT2D eigenvalue weighted by Crippen LogP contribution is 2.21. The van der Waals surface area contributed by atoms with Gasteiger partial charge in [0.05, 0.1) is 19.0 Å². The highest BCUT2D eigenvalue weighted by Gasteiger charge is 2.07. The zero-order valence-corrected chi connectivity index (χ0v) is 17.0. The number of benzene rings is 2. The molecule has 1 heterocycles. The van der Waals surface area contributed by atoms with E-state index < -0.39 is 0 Å². The van der Waals surface area contributed by atoms with Crippen LogP contribution in [0.4, 0.5) is 22.9 Å². The molecule has 0 fully saturated rings. The second-order valence-corrected chi connectivity index (χ2v) is 6.46. The number of nitrogens with zero attached hydrogens (tertiary/aromatic N) is 2. The Kier molecular flexibility index (Phi) is 6.68. The zero-order chi connectivity index (χ0) is 20.6. The van der Waals surface area contributed by atoms with Crippen LogP contribution in [-0.4, -0.2) is 31.1 Å². The van der Waals surface area contributed by atoms with Gasteiger partial charge in [-0.05, 0) is 74.5 Å². The Labute approximate surface area is 171 Å². The smallest absolute Gasteiger partial charge is 0.256 e. The standard InChI is InChI=1S/C23H26N4O2/c1-4-27(5-2)20-11-8-18(9-12-20)25-19-10-15-22(24-16-19)26-23(28)17-6-13-21(29-3)14-7-17/h6-16,25H,4-5H2,1-3H3,(H,24,26,28). The molecule has 29 heavy (non-hydrogen) atoms. The topological polar surface area (TPSA) is 66.5 Å². The Balaban J connectivity index is 1.60. The summed E-state index contributed by atoms with van der Waals surface area (Å²) in [4.78, 5) is 18.9. The van der Waals surface area contributed by atoms with Gasteiger partial charge in [0.1, 0.15) is 11.6 Å². The summed E-state index contributed by atoms with van der Waals surface area (Å²) in [5, 5.41) is 6.12. The van der Waals surface area contributed by atoms with E-state index in [4.69, 9.17) is 4.74 Å². The lowest BCUT2D eigenvalue weighted by Crippen LogP contribution is -2.21. The second-order valence-electron chi connectivity index (χ2n) is 6.46. The number of hydrogen-bond acceptors (Lipinski definition) is 5. The van der Waals surface area contributed by atoms with Gasteiger partial charge in [0.25, 0.3) is 5.91 Å². The minimum Gasteiger partial charge on any atom is -0.497 e. The Hall–Kier alpha value is -3.54. The molecule has 0 radical (unpaired) electrons. The number of hydrogen-bond donors (Lipinski definition) is 2. The van der Waals surface area contributed by atoms with Crippen molar-refractivity contribution in [1.29, 1.82) is 0 Å². The van der Waals surface area contributed by atoms with E-state index in [9.17, 15) is 4.79 Å². The summed E-state index contributed by atoms with van der Waals surface area (Å²) in [5.74, 6) is 0.987. The van der Waals surface area contributed by atoms with Gasteiger partial charge in [-0.25, -0.2) is 4.98 Å². The summed E-state index contributed by atoms with van der Waals surface area (Å²) in [7, 11) is 1.59. The van der Waals surface area contributed by atoms with Crippen LogP contribution in [0.3, 0.4) is 0 Å². The molecule has 0 unspecified atom stereocenters. The fraction of sp³-hybridized carbons (Fsp3) is 0.217. The van der Waals surface area contributed by atoms with Gasteiger partial charge >= 0.3 is 0 Å². The minimum atomic E-state index is -0.215. The van der Waals surface area contributed by atoms with Crippen molar-refractivity contribution in [3.63, 3.8) is 0 Å². The average molecular weight is 390 g/mol. The van der Waals surface area contributed by atoms with E-state index in [1.54, 1.807) is 43.6 Å². The molecule has 0 saturated carbocycles. The van der Waals surface area contributed by atoms with Crippen molar-refractivity contribution in [3.8, 4) is 5.75 Å². The van der Waals surface area contributed by atoms with E-state index in [1.807, 2.05) is 18.2 Å². The average Bonchev–Trinajstić information content (AvgIpc) is 2.77. The molecule has 150 valence electrons. The maximum absolute atomic E-state index is 12.3. The Morgan fingerprint density at radius 2 is 1.59 bits per heavy atom. The fourth-order valence-corrected chi connectivity index (χ4v) is 2.98. The molecule has 1 aromatic heterocycles. The van der Waals surface area contributed by atoms with Gasteiger partial charge in [0.2, 0.25) is 0 Å². The summed E-state index contributed by atoms with van der Waals surface area (Å²) in [5.41, 5.74) is 3.58. The van der Waals surface area contributed by atoms with Crippen molar-refractivity contribution in [2.45, 2.75) is 13.8 Å². The Morgan fingerprint density at radius 3 is 2.14 bits per heavy atom. The number of carbonyl (C=O) groups excluding carboxylic acids is 1. The molecule has 0 bridgehead atoms. The number of carbonyl (C=O) groups is 1. The predicted octanol–water partition coefficient (Wildman–Crippen LogP) is 4.93. The van der Waals surface area contributed by atoms with Crippen LogP contribution in [0.15, 0.2) is 66.9 Å². The molecule has 0 aliphatic heterocycles. The van der Waals surface area contributed by atoms with Crippen LogP contribution in [0.2, 0.25) is 0 Å². The van der Waals surface area contributed by atoms with E-state index in [0.717, 1.165) is 24.5 Å². The lowest BCUT2D eigenvalue weighted by molar-refractivity contribution is 0.102. The lowest BCUT2D eigenvalue weighted by atomic mass is 10.2. The van der Waals surface area contributed by atoms with Crippen molar-refractivity contribution >= 4 is 28.8 Å². The summed E-state index contributed by atoms with van der Waals surface area (Å²) >= 11 is 0. The number of pyridine rings is 1. The predicted molar refractivity (Wildman–Crippen MR) is 118 cm³/mol. The van der Waals surface area contributed by atoms with Gasteiger partial charge in [-0.2, -0.15) is 0 Å². The monoisotopic (exact) mass is 390 g/mol. The maximum atomic E-state index is 12.3. The number of rotatable bonds is 8. The molecule has 2 N–H and O–H groups in total. The van der Waals surface area contributed by atoms with Crippen LogP contribution in [0.1, 0.15) is 24.2 Å². The molecule has 6 nitrogen and oxygen atoms in total. The van der Waals surface area contributed by atoms with E-state index in [0.29, 0.717) is 17.1 Å². The lowest BCUT2D eigenvalue weighted by Gasteiger charge is -2.21. The fourth-order valence-electron chi connectivity index (χ4n) is 2.98. The molecule has 1 amide bonds. The number of ether oxygens (including phenoxy) is 1. The Bertz CT molecular complexity index is 919. The van der Waals surface area contributed by atoms with Crippen LogP contribution in [0.25, 0.3) is 0 Å². The Morgan fingerprint density at radius 1 is 0.931 bits per heavy atom. The normalized spacial score (nSPS) is 10.3. The van der Waals surface area contributed by atoms with Gasteiger partial charge in [-0.15, -0.1) is 0 Å². The van der Waals surface area contributed by atoms with Crippen LogP contribution in [0.5, 0.6) is 5.75 Å². The van der Waals surface area contributed by atoms with E-state index in [2.05, 4.69) is 46.5 Å². The first-order valence-corrected chi connectivity index (χ1v) is 9.66. The molecule has 0 spiro atoms. The number of amides is 1. The molecule has 2 aromatic carbocycles. The maximum Gasteiger partial charge on any atom is 0.256 e. The summed E-state index contributed by atoms with van der Waals surface area (Å²) in [6.07, 6.45) is 1.70. The quantitative estimate of drug-likeness (QED) is 0.571.